The van der Waals surface area contributed by atoms with Crippen LogP contribution in [-0.4, -0.2) is 46.8 Å². The van der Waals surface area contributed by atoms with E-state index >= 15 is 0 Å². The van der Waals surface area contributed by atoms with Crippen molar-refractivity contribution in [3.05, 3.63) is 53.6 Å². The number of hydrogen-bond acceptors (Lipinski definition) is 5. The van der Waals surface area contributed by atoms with Gasteiger partial charge in [-0.1, -0.05) is 69.5 Å². The van der Waals surface area contributed by atoms with Crippen molar-refractivity contribution in [2.24, 2.45) is 5.92 Å². The fourth-order valence-electron chi connectivity index (χ4n) is 5.25. The molecule has 1 fully saturated rings. The molecule has 1 aliphatic heterocycles. The minimum atomic E-state index is -1.14. The van der Waals surface area contributed by atoms with Gasteiger partial charge in [0.2, 0.25) is 12.2 Å². The monoisotopic (exact) mass is 483 g/mol. The van der Waals surface area contributed by atoms with Crippen molar-refractivity contribution >= 4 is 5.91 Å². The fraction of sp³-hybridized carbons (Fsp3) is 0.552. The number of carbonyl (C=O) groups excluding carboxylic acids is 1. The highest BCUT2D eigenvalue weighted by atomic mass is 16.7. The SMILES string of the molecule is CCCC1(CCC)O[C@H](Oc2ccc(CCNC(C)=O)c(-c3cccc(C)c3)c2)[C@H](O)[C@H](O)[C@H]1C. The lowest BCUT2D eigenvalue weighted by atomic mass is 9.74. The Bertz CT molecular complexity index is 985. The Morgan fingerprint density at radius 2 is 1.80 bits per heavy atom. The number of nitrogens with one attached hydrogen (secondary N) is 1. The van der Waals surface area contributed by atoms with Crippen molar-refractivity contribution in [1.29, 1.82) is 0 Å². The van der Waals surface area contributed by atoms with Gasteiger partial charge in [0, 0.05) is 19.4 Å². The van der Waals surface area contributed by atoms with E-state index in [2.05, 4.69) is 44.3 Å². The van der Waals surface area contributed by atoms with Gasteiger partial charge in [-0.2, -0.15) is 0 Å². The van der Waals surface area contributed by atoms with E-state index in [1.165, 1.54) is 6.92 Å². The van der Waals surface area contributed by atoms with E-state index in [1.54, 1.807) is 0 Å². The molecule has 0 saturated carbocycles. The lowest BCUT2D eigenvalue weighted by Crippen LogP contribution is -2.61. The molecule has 6 nitrogen and oxygen atoms in total. The number of ether oxygens (including phenoxy) is 2. The van der Waals surface area contributed by atoms with E-state index in [4.69, 9.17) is 9.47 Å². The molecule has 0 aromatic heterocycles. The highest BCUT2D eigenvalue weighted by Crippen LogP contribution is 2.42. The van der Waals surface area contributed by atoms with Crippen molar-refractivity contribution < 1.29 is 24.5 Å². The summed E-state index contributed by atoms with van der Waals surface area (Å²) in [5, 5.41) is 24.6. The quantitative estimate of drug-likeness (QED) is 0.453. The van der Waals surface area contributed by atoms with E-state index in [-0.39, 0.29) is 11.8 Å². The van der Waals surface area contributed by atoms with Crippen molar-refractivity contribution in [2.45, 2.75) is 90.8 Å². The first-order chi connectivity index (χ1) is 16.7. The fourth-order valence-corrected chi connectivity index (χ4v) is 5.25. The molecule has 1 amide bonds. The minimum absolute atomic E-state index is 0.0547. The van der Waals surface area contributed by atoms with E-state index in [9.17, 15) is 15.0 Å². The van der Waals surface area contributed by atoms with Crippen LogP contribution in [0.2, 0.25) is 0 Å². The van der Waals surface area contributed by atoms with Crippen LogP contribution >= 0.6 is 0 Å². The van der Waals surface area contributed by atoms with Crippen molar-refractivity contribution in [1.82, 2.24) is 5.32 Å². The van der Waals surface area contributed by atoms with E-state index < -0.39 is 24.1 Å². The van der Waals surface area contributed by atoms with Crippen molar-refractivity contribution in [2.75, 3.05) is 6.54 Å². The molecule has 3 rings (SSSR count). The average molecular weight is 484 g/mol. The highest BCUT2D eigenvalue weighted by Gasteiger charge is 2.51. The van der Waals surface area contributed by atoms with Gasteiger partial charge in [0.25, 0.3) is 0 Å². The summed E-state index contributed by atoms with van der Waals surface area (Å²) in [5.74, 6) is 0.315. The van der Waals surface area contributed by atoms with Gasteiger partial charge in [-0.3, -0.25) is 4.79 Å². The van der Waals surface area contributed by atoms with E-state index in [0.29, 0.717) is 18.7 Å². The topological polar surface area (TPSA) is 88.0 Å². The lowest BCUT2D eigenvalue weighted by molar-refractivity contribution is -0.299. The third-order valence-corrected chi connectivity index (χ3v) is 7.10. The zero-order valence-electron chi connectivity index (χ0n) is 21.7. The number of aryl methyl sites for hydroxylation is 1. The van der Waals surface area contributed by atoms with E-state index in [0.717, 1.165) is 47.9 Å². The van der Waals surface area contributed by atoms with Crippen LogP contribution in [0.1, 0.15) is 64.5 Å². The smallest absolute Gasteiger partial charge is 0.229 e. The molecule has 6 heteroatoms. The Labute approximate surface area is 209 Å². The first kappa shape index (κ1) is 27.2. The number of carbonyl (C=O) groups is 1. The third kappa shape index (κ3) is 6.43. The molecule has 3 N–H and O–H groups in total. The maximum Gasteiger partial charge on any atom is 0.229 e. The molecule has 1 aliphatic rings. The molecule has 0 radical (unpaired) electrons. The van der Waals surface area contributed by atoms with Gasteiger partial charge >= 0.3 is 0 Å². The number of amides is 1. The standard InChI is InChI=1S/C29H41NO5/c1-6-14-29(15-7-2)20(4)26(32)27(33)28(35-29)34-24-12-11-22(13-16-30-21(5)31)25(18-24)23-10-8-9-19(3)17-23/h8-12,17-18,20,26-28,32-33H,6-7,13-16H2,1-5H3,(H,30,31)/t20-,26-,27-,28+/m1/s1. The Balaban J connectivity index is 1.92. The molecule has 192 valence electrons. The summed E-state index contributed by atoms with van der Waals surface area (Å²) < 4.78 is 12.7. The number of hydrogen-bond donors (Lipinski definition) is 3. The summed E-state index contributed by atoms with van der Waals surface area (Å²) in [5.41, 5.74) is 3.75. The molecule has 0 aliphatic carbocycles. The van der Waals surface area contributed by atoms with Gasteiger partial charge in [-0.05, 0) is 55.0 Å². The molecular weight excluding hydrogens is 442 g/mol. The molecular formula is C29H41NO5. The molecule has 0 bridgehead atoms. The second kappa shape index (κ2) is 12.0. The number of aliphatic hydroxyl groups excluding tert-OH is 2. The van der Waals surface area contributed by atoms with Gasteiger partial charge in [-0.25, -0.2) is 0 Å². The van der Waals surface area contributed by atoms with Crippen LogP contribution < -0.4 is 10.1 Å². The number of rotatable bonds is 10. The van der Waals surface area contributed by atoms with Crippen LogP contribution in [-0.2, 0) is 16.0 Å². The van der Waals surface area contributed by atoms with E-state index in [1.807, 2.05) is 31.2 Å². The summed E-state index contributed by atoms with van der Waals surface area (Å²) in [4.78, 5) is 11.3. The molecule has 1 heterocycles. The zero-order valence-corrected chi connectivity index (χ0v) is 21.7. The second-order valence-electron chi connectivity index (χ2n) is 9.86. The third-order valence-electron chi connectivity index (χ3n) is 7.10. The summed E-state index contributed by atoms with van der Waals surface area (Å²) in [7, 11) is 0. The van der Waals surface area contributed by atoms with Gasteiger partial charge in [-0.15, -0.1) is 0 Å². The summed E-state index contributed by atoms with van der Waals surface area (Å²) >= 11 is 0. The Morgan fingerprint density at radius 3 is 2.43 bits per heavy atom. The van der Waals surface area contributed by atoms with Gasteiger partial charge < -0.3 is 25.0 Å². The summed E-state index contributed by atoms with van der Waals surface area (Å²) in [6.07, 6.45) is 1.06. The van der Waals surface area contributed by atoms with Crippen LogP contribution in [0.15, 0.2) is 42.5 Å². The predicted molar refractivity (Wildman–Crippen MR) is 138 cm³/mol. The van der Waals surface area contributed by atoms with Crippen LogP contribution in [0.25, 0.3) is 11.1 Å². The van der Waals surface area contributed by atoms with Crippen LogP contribution in [0.5, 0.6) is 5.75 Å². The van der Waals surface area contributed by atoms with Crippen LogP contribution in [0, 0.1) is 12.8 Å². The first-order valence-corrected chi connectivity index (χ1v) is 12.9. The molecule has 2 aromatic rings. The average Bonchev–Trinajstić information content (AvgIpc) is 2.82. The lowest BCUT2D eigenvalue weighted by Gasteiger charge is -2.50. The molecule has 4 atom stereocenters. The Kier molecular flexibility index (Phi) is 9.34. The Morgan fingerprint density at radius 1 is 1.09 bits per heavy atom. The second-order valence-corrected chi connectivity index (χ2v) is 9.86. The van der Waals surface area contributed by atoms with Crippen molar-refractivity contribution in [3.8, 4) is 16.9 Å². The maximum absolute atomic E-state index is 11.3. The predicted octanol–water partition coefficient (Wildman–Crippen LogP) is 4.77. The Hall–Kier alpha value is -2.41. The highest BCUT2D eigenvalue weighted by molar-refractivity contribution is 5.73. The molecule has 35 heavy (non-hydrogen) atoms. The summed E-state index contributed by atoms with van der Waals surface area (Å²) in [6, 6.07) is 14.1. The van der Waals surface area contributed by atoms with Gasteiger partial charge in [0.15, 0.2) is 0 Å². The normalized spacial score (nSPS) is 23.6. The van der Waals surface area contributed by atoms with Gasteiger partial charge in [0.05, 0.1) is 11.7 Å². The minimum Gasteiger partial charge on any atom is -0.462 e. The number of aliphatic hydroxyl groups is 2. The number of benzene rings is 2. The molecule has 0 spiro atoms. The van der Waals surface area contributed by atoms with Crippen LogP contribution in [0.4, 0.5) is 0 Å². The zero-order chi connectivity index (χ0) is 25.6. The summed E-state index contributed by atoms with van der Waals surface area (Å²) in [6.45, 7) is 10.3. The largest absolute Gasteiger partial charge is 0.462 e. The maximum atomic E-state index is 11.3. The first-order valence-electron chi connectivity index (χ1n) is 12.9. The molecule has 0 unspecified atom stereocenters. The molecule has 1 saturated heterocycles. The van der Waals surface area contributed by atoms with Crippen molar-refractivity contribution in [3.63, 3.8) is 0 Å². The van der Waals surface area contributed by atoms with Crippen LogP contribution in [0.3, 0.4) is 0 Å². The molecule has 2 aromatic carbocycles. The van der Waals surface area contributed by atoms with Gasteiger partial charge in [0.1, 0.15) is 11.9 Å².